The largest absolute Gasteiger partial charge is 0.371 e. The molecule has 1 aliphatic rings. The highest BCUT2D eigenvalue weighted by Gasteiger charge is 2.24. The normalized spacial score (nSPS) is 17.6. The molecule has 160 valence electrons. The molecule has 1 saturated heterocycles. The second kappa shape index (κ2) is 8.87. The van der Waals surface area contributed by atoms with E-state index >= 15 is 0 Å². The Bertz CT molecular complexity index is 1150. The fraction of sp³-hybridized carbons (Fsp3) is 0.476. The van der Waals surface area contributed by atoms with Crippen molar-refractivity contribution in [1.82, 2.24) is 24.0 Å². The minimum Gasteiger partial charge on any atom is -0.371 e. The molecule has 3 aromatic rings. The number of aryl methyl sites for hydroxylation is 2. The molecule has 1 fully saturated rings. The lowest BCUT2D eigenvalue weighted by Gasteiger charge is -2.32. The summed E-state index contributed by atoms with van der Waals surface area (Å²) in [5.41, 5.74) is 1.26. The summed E-state index contributed by atoms with van der Waals surface area (Å²) in [7, 11) is 1.83. The first-order valence-electron chi connectivity index (χ1n) is 10.3. The van der Waals surface area contributed by atoms with E-state index in [4.69, 9.17) is 9.72 Å². The molecule has 0 saturated carbocycles. The summed E-state index contributed by atoms with van der Waals surface area (Å²) >= 11 is 3.47. The number of ether oxygens (including phenoxy) is 1. The van der Waals surface area contributed by atoms with Crippen LogP contribution in [0.1, 0.15) is 37.3 Å². The molecule has 0 amide bonds. The van der Waals surface area contributed by atoms with Crippen molar-refractivity contribution in [3.63, 3.8) is 0 Å². The Morgan fingerprint density at radius 2 is 2.03 bits per heavy atom. The number of rotatable bonds is 6. The predicted molar refractivity (Wildman–Crippen MR) is 119 cm³/mol. The van der Waals surface area contributed by atoms with Gasteiger partial charge in [0, 0.05) is 31.2 Å². The molecule has 1 aromatic carbocycles. The van der Waals surface area contributed by atoms with Crippen molar-refractivity contribution < 1.29 is 4.74 Å². The first-order valence-corrected chi connectivity index (χ1v) is 11.0. The van der Waals surface area contributed by atoms with Crippen molar-refractivity contribution in [1.29, 1.82) is 0 Å². The van der Waals surface area contributed by atoms with Crippen LogP contribution < -0.4 is 11.2 Å². The Hall–Kier alpha value is -2.23. The average molecular weight is 476 g/mol. The second-order valence-corrected chi connectivity index (χ2v) is 8.59. The Kier molecular flexibility index (Phi) is 6.21. The number of unbranched alkanes of at least 4 members (excludes halogenated alkanes) is 1. The van der Waals surface area contributed by atoms with E-state index in [1.165, 1.54) is 0 Å². The third-order valence-corrected chi connectivity index (χ3v) is 6.13. The van der Waals surface area contributed by atoms with Crippen LogP contribution in [-0.2, 0) is 24.9 Å². The molecule has 9 heteroatoms. The molecule has 2 aromatic heterocycles. The van der Waals surface area contributed by atoms with E-state index in [2.05, 4.69) is 44.9 Å². The maximum absolute atomic E-state index is 12.4. The fourth-order valence-electron chi connectivity index (χ4n) is 3.88. The molecule has 1 aliphatic heterocycles. The van der Waals surface area contributed by atoms with Gasteiger partial charge in [-0.2, -0.15) is 0 Å². The number of nitrogens with zero attached hydrogens (tertiary/aromatic N) is 4. The number of nitrogens with one attached hydrogen (secondary N) is 1. The summed E-state index contributed by atoms with van der Waals surface area (Å²) in [6.45, 7) is 5.36. The molecule has 1 N–H and O–H groups in total. The van der Waals surface area contributed by atoms with Crippen molar-refractivity contribution in [3.8, 4) is 0 Å². The number of halogens is 1. The zero-order valence-corrected chi connectivity index (χ0v) is 18.8. The van der Waals surface area contributed by atoms with Crippen LogP contribution in [0.2, 0.25) is 0 Å². The van der Waals surface area contributed by atoms with E-state index < -0.39 is 11.2 Å². The molecule has 1 unspecified atom stereocenters. The number of H-pyrrole nitrogens is 1. The lowest BCUT2D eigenvalue weighted by molar-refractivity contribution is -0.0338. The number of imidazole rings is 1. The Balaban J connectivity index is 1.61. The van der Waals surface area contributed by atoms with Crippen LogP contribution >= 0.6 is 15.9 Å². The highest BCUT2D eigenvalue weighted by atomic mass is 79.9. The zero-order valence-electron chi connectivity index (χ0n) is 17.2. The summed E-state index contributed by atoms with van der Waals surface area (Å²) in [5.74, 6) is 0.766. The molecule has 30 heavy (non-hydrogen) atoms. The van der Waals surface area contributed by atoms with Gasteiger partial charge in [0.2, 0.25) is 0 Å². The van der Waals surface area contributed by atoms with Crippen LogP contribution in [0.5, 0.6) is 0 Å². The molecule has 4 rings (SSSR count). The highest BCUT2D eigenvalue weighted by Crippen LogP contribution is 2.25. The zero-order chi connectivity index (χ0) is 21.3. The van der Waals surface area contributed by atoms with Gasteiger partial charge in [-0.15, -0.1) is 0 Å². The molecular weight excluding hydrogens is 450 g/mol. The molecule has 0 aliphatic carbocycles. The van der Waals surface area contributed by atoms with Crippen LogP contribution in [0.3, 0.4) is 0 Å². The molecule has 1 atom stereocenters. The van der Waals surface area contributed by atoms with Crippen molar-refractivity contribution in [2.75, 3.05) is 19.7 Å². The van der Waals surface area contributed by atoms with Gasteiger partial charge in [-0.25, -0.2) is 9.78 Å². The maximum Gasteiger partial charge on any atom is 0.330 e. The maximum atomic E-state index is 12.4. The van der Waals surface area contributed by atoms with Gasteiger partial charge in [0.25, 0.3) is 5.56 Å². The van der Waals surface area contributed by atoms with Gasteiger partial charge < -0.3 is 9.30 Å². The van der Waals surface area contributed by atoms with E-state index in [9.17, 15) is 9.59 Å². The van der Waals surface area contributed by atoms with Crippen molar-refractivity contribution in [3.05, 3.63) is 61.0 Å². The van der Waals surface area contributed by atoms with Gasteiger partial charge >= 0.3 is 5.69 Å². The summed E-state index contributed by atoms with van der Waals surface area (Å²) in [4.78, 5) is 34.2. The number of aromatic amines is 1. The molecule has 3 heterocycles. The van der Waals surface area contributed by atoms with E-state index in [-0.39, 0.29) is 6.10 Å². The third kappa shape index (κ3) is 4.14. The van der Waals surface area contributed by atoms with Crippen molar-refractivity contribution in [2.45, 2.75) is 39.0 Å². The molecule has 0 radical (unpaired) electrons. The summed E-state index contributed by atoms with van der Waals surface area (Å²) in [5, 5.41) is 0. The van der Waals surface area contributed by atoms with Crippen LogP contribution in [-0.4, -0.2) is 43.7 Å². The number of benzene rings is 1. The SMILES string of the molecule is CCCCn1c(=O)[nH]c(=O)c2c1nc(CN1CCOC(c3ccc(Br)cc3)C1)n2C. The van der Waals surface area contributed by atoms with Crippen LogP contribution in [0.4, 0.5) is 0 Å². The predicted octanol–water partition coefficient (Wildman–Crippen LogP) is 2.56. The Morgan fingerprint density at radius 3 is 2.77 bits per heavy atom. The lowest BCUT2D eigenvalue weighted by atomic mass is 10.1. The van der Waals surface area contributed by atoms with Gasteiger partial charge in [0.05, 0.1) is 19.3 Å². The summed E-state index contributed by atoms with van der Waals surface area (Å²) < 4.78 is 10.4. The standard InChI is InChI=1S/C21H26BrN5O3/c1-3-4-9-27-19-18(20(28)24-21(27)29)25(2)17(23-19)13-26-10-11-30-16(12-26)14-5-7-15(22)8-6-14/h5-8,16H,3-4,9-13H2,1-2H3,(H,24,28,29). The van der Waals surface area contributed by atoms with E-state index in [0.29, 0.717) is 30.9 Å². The molecule has 0 bridgehead atoms. The topological polar surface area (TPSA) is 85.2 Å². The van der Waals surface area contributed by atoms with Crippen LogP contribution in [0.25, 0.3) is 11.2 Å². The lowest BCUT2D eigenvalue weighted by Crippen LogP contribution is -2.38. The average Bonchev–Trinajstić information content (AvgIpc) is 3.05. The first-order chi connectivity index (χ1) is 14.5. The number of fused-ring (bicyclic) bond motifs is 1. The van der Waals surface area contributed by atoms with E-state index in [1.807, 2.05) is 19.2 Å². The molecule has 0 spiro atoms. The fourth-order valence-corrected chi connectivity index (χ4v) is 4.15. The summed E-state index contributed by atoms with van der Waals surface area (Å²) in [6, 6.07) is 8.18. The smallest absolute Gasteiger partial charge is 0.330 e. The minimum atomic E-state index is -0.396. The monoisotopic (exact) mass is 475 g/mol. The number of morpholine rings is 1. The van der Waals surface area contributed by atoms with Gasteiger partial charge in [-0.05, 0) is 24.1 Å². The second-order valence-electron chi connectivity index (χ2n) is 7.67. The Morgan fingerprint density at radius 1 is 1.27 bits per heavy atom. The van der Waals surface area contributed by atoms with Crippen molar-refractivity contribution in [2.24, 2.45) is 7.05 Å². The first kappa shape index (κ1) is 21.0. The number of hydrogen-bond donors (Lipinski definition) is 1. The highest BCUT2D eigenvalue weighted by molar-refractivity contribution is 9.10. The van der Waals surface area contributed by atoms with E-state index in [1.54, 1.807) is 9.13 Å². The van der Waals surface area contributed by atoms with Crippen LogP contribution in [0, 0.1) is 0 Å². The third-order valence-electron chi connectivity index (χ3n) is 5.60. The number of aromatic nitrogens is 4. The van der Waals surface area contributed by atoms with E-state index in [0.717, 1.165) is 41.8 Å². The minimum absolute atomic E-state index is 0.00679. The van der Waals surface area contributed by atoms with Gasteiger partial charge in [-0.1, -0.05) is 41.4 Å². The van der Waals surface area contributed by atoms with Crippen molar-refractivity contribution >= 4 is 27.1 Å². The van der Waals surface area contributed by atoms with Gasteiger partial charge in [0.15, 0.2) is 11.2 Å². The number of hydrogen-bond acceptors (Lipinski definition) is 5. The molecule has 8 nitrogen and oxygen atoms in total. The van der Waals surface area contributed by atoms with Gasteiger partial charge in [0.1, 0.15) is 5.82 Å². The summed E-state index contributed by atoms with van der Waals surface area (Å²) in [6.07, 6.45) is 1.80. The Labute approximate surface area is 182 Å². The van der Waals surface area contributed by atoms with Crippen LogP contribution in [0.15, 0.2) is 38.3 Å². The molecular formula is C21H26BrN5O3. The van der Waals surface area contributed by atoms with Gasteiger partial charge in [-0.3, -0.25) is 19.2 Å². The quantitative estimate of drug-likeness (QED) is 0.591.